The lowest BCUT2D eigenvalue weighted by molar-refractivity contribution is 0.0951. The van der Waals surface area contributed by atoms with Gasteiger partial charge >= 0.3 is 0 Å². The number of likely N-dealkylation sites (N-methyl/N-ethyl adjacent to an activating group) is 1. The second kappa shape index (κ2) is 14.1. The Labute approximate surface area is 195 Å². The Balaban J connectivity index is 1.86. The predicted octanol–water partition coefficient (Wildman–Crippen LogP) is 2.54. The molecule has 7 heteroatoms. The summed E-state index contributed by atoms with van der Waals surface area (Å²) in [7, 11) is 5.80. The maximum atomic E-state index is 12.4. The first-order valence-corrected chi connectivity index (χ1v) is 12.1. The first-order valence-electron chi connectivity index (χ1n) is 12.1. The van der Waals surface area contributed by atoms with E-state index in [0.717, 1.165) is 24.6 Å². The summed E-state index contributed by atoms with van der Waals surface area (Å²) < 4.78 is 0. The third kappa shape index (κ3) is 9.17. The minimum absolute atomic E-state index is 0.0339. The van der Waals surface area contributed by atoms with Crippen molar-refractivity contribution in [2.24, 2.45) is 10.9 Å². The molecule has 0 aromatic heterocycles. The van der Waals surface area contributed by atoms with E-state index in [1.165, 1.54) is 38.8 Å². The highest BCUT2D eigenvalue weighted by molar-refractivity contribution is 5.94. The van der Waals surface area contributed by atoms with Crippen molar-refractivity contribution in [3.63, 3.8) is 0 Å². The van der Waals surface area contributed by atoms with Crippen LogP contribution in [-0.4, -0.2) is 81.6 Å². The molecule has 1 aromatic rings. The number of guanidine groups is 1. The van der Waals surface area contributed by atoms with Gasteiger partial charge < -0.3 is 20.9 Å². The van der Waals surface area contributed by atoms with Crippen LogP contribution in [0.25, 0.3) is 0 Å². The molecule has 0 spiro atoms. The van der Waals surface area contributed by atoms with Gasteiger partial charge in [-0.3, -0.25) is 14.7 Å². The van der Waals surface area contributed by atoms with Gasteiger partial charge in [-0.2, -0.15) is 0 Å². The molecule has 1 aliphatic rings. The quantitative estimate of drug-likeness (QED) is 0.382. The summed E-state index contributed by atoms with van der Waals surface area (Å²) in [6.45, 7) is 9.97. The van der Waals surface area contributed by atoms with Crippen molar-refractivity contribution < 1.29 is 4.79 Å². The number of carbonyl (C=O) groups excluding carboxylic acids is 1. The molecule has 3 N–H and O–H groups in total. The van der Waals surface area contributed by atoms with Gasteiger partial charge in [0.15, 0.2) is 5.96 Å². The molecule has 1 heterocycles. The minimum Gasteiger partial charge on any atom is -0.355 e. The maximum Gasteiger partial charge on any atom is 0.251 e. The van der Waals surface area contributed by atoms with Crippen LogP contribution in [0.4, 0.5) is 0 Å². The van der Waals surface area contributed by atoms with Crippen LogP contribution in [0.5, 0.6) is 0 Å². The van der Waals surface area contributed by atoms with E-state index in [4.69, 9.17) is 0 Å². The Morgan fingerprint density at radius 1 is 1.09 bits per heavy atom. The fourth-order valence-electron chi connectivity index (χ4n) is 4.14. The summed E-state index contributed by atoms with van der Waals surface area (Å²) in [5.41, 5.74) is 1.74. The highest BCUT2D eigenvalue weighted by atomic mass is 16.1. The first kappa shape index (κ1) is 26.1. The molecule has 1 unspecified atom stereocenters. The molecule has 1 aromatic carbocycles. The third-order valence-electron chi connectivity index (χ3n) is 6.08. The molecule has 1 amide bonds. The highest BCUT2D eigenvalue weighted by Crippen LogP contribution is 2.17. The molecule has 7 nitrogen and oxygen atoms in total. The third-order valence-corrected chi connectivity index (χ3v) is 6.08. The smallest absolute Gasteiger partial charge is 0.251 e. The fourth-order valence-corrected chi connectivity index (χ4v) is 4.14. The summed E-state index contributed by atoms with van der Waals surface area (Å²) in [5, 5.41) is 9.90. The van der Waals surface area contributed by atoms with Crippen LogP contribution in [0.2, 0.25) is 0 Å². The van der Waals surface area contributed by atoms with Gasteiger partial charge in [-0.15, -0.1) is 0 Å². The summed E-state index contributed by atoms with van der Waals surface area (Å²) in [6, 6.07) is 8.27. The van der Waals surface area contributed by atoms with Crippen molar-refractivity contribution in [3.05, 3.63) is 35.4 Å². The average molecular weight is 445 g/mol. The summed E-state index contributed by atoms with van der Waals surface area (Å²) >= 11 is 0. The standard InChI is InChI=1S/C25H44N6O/c1-20(2)23(31-14-8-6-7-9-15-31)19-29-25(26-3)28-18-21-11-10-12-22(17-21)24(32)27-13-16-30(4)5/h10-12,17,20,23H,6-9,13-16,18-19H2,1-5H3,(H,27,32)(H2,26,28,29). The molecular formula is C25H44N6O. The zero-order chi connectivity index (χ0) is 23.3. The molecule has 32 heavy (non-hydrogen) atoms. The first-order chi connectivity index (χ1) is 15.4. The number of hydrogen-bond acceptors (Lipinski definition) is 4. The van der Waals surface area contributed by atoms with Crippen LogP contribution < -0.4 is 16.0 Å². The summed E-state index contributed by atoms with van der Waals surface area (Å²) in [5.74, 6) is 1.35. The van der Waals surface area contributed by atoms with E-state index >= 15 is 0 Å². The molecule has 1 aliphatic heterocycles. The van der Waals surface area contributed by atoms with Crippen LogP contribution >= 0.6 is 0 Å². The number of likely N-dealkylation sites (tertiary alicyclic amines) is 1. The molecule has 0 saturated carbocycles. The van der Waals surface area contributed by atoms with Crippen LogP contribution in [0.15, 0.2) is 29.3 Å². The number of benzene rings is 1. The summed E-state index contributed by atoms with van der Waals surface area (Å²) in [4.78, 5) is 21.5. The Bertz CT molecular complexity index is 710. The van der Waals surface area contributed by atoms with E-state index < -0.39 is 0 Å². The maximum absolute atomic E-state index is 12.4. The Hall–Kier alpha value is -2.12. The van der Waals surface area contributed by atoms with E-state index in [9.17, 15) is 4.79 Å². The van der Waals surface area contributed by atoms with Crippen molar-refractivity contribution in [2.75, 3.05) is 53.9 Å². The number of rotatable bonds is 10. The van der Waals surface area contributed by atoms with Crippen molar-refractivity contribution in [2.45, 2.75) is 52.1 Å². The van der Waals surface area contributed by atoms with E-state index in [0.29, 0.717) is 30.6 Å². The van der Waals surface area contributed by atoms with Gasteiger partial charge in [0.1, 0.15) is 0 Å². The monoisotopic (exact) mass is 444 g/mol. The van der Waals surface area contributed by atoms with E-state index in [1.807, 2.05) is 38.4 Å². The molecular weight excluding hydrogens is 400 g/mol. The lowest BCUT2D eigenvalue weighted by atomic mass is 10.0. The number of hydrogen-bond donors (Lipinski definition) is 3. The SMILES string of the molecule is CN=C(NCc1cccc(C(=O)NCCN(C)C)c1)NCC(C(C)C)N1CCCCCC1. The van der Waals surface area contributed by atoms with Crippen molar-refractivity contribution >= 4 is 11.9 Å². The molecule has 0 aliphatic carbocycles. The predicted molar refractivity (Wildman–Crippen MR) is 134 cm³/mol. The van der Waals surface area contributed by atoms with Crippen molar-refractivity contribution in [1.82, 2.24) is 25.8 Å². The van der Waals surface area contributed by atoms with Gasteiger partial charge in [-0.05, 0) is 63.6 Å². The second-order valence-corrected chi connectivity index (χ2v) is 9.33. The molecule has 180 valence electrons. The Morgan fingerprint density at radius 3 is 2.44 bits per heavy atom. The number of nitrogens with zero attached hydrogens (tertiary/aromatic N) is 3. The topological polar surface area (TPSA) is 72.0 Å². The van der Waals surface area contributed by atoms with Gasteiger partial charge in [0.05, 0.1) is 0 Å². The van der Waals surface area contributed by atoms with Gasteiger partial charge in [0.2, 0.25) is 0 Å². The molecule has 1 fully saturated rings. The number of carbonyl (C=O) groups is 1. The second-order valence-electron chi connectivity index (χ2n) is 9.33. The largest absolute Gasteiger partial charge is 0.355 e. The number of amides is 1. The zero-order valence-corrected chi connectivity index (χ0v) is 20.8. The Morgan fingerprint density at radius 2 is 1.81 bits per heavy atom. The number of aliphatic imine (C=N–C) groups is 1. The lowest BCUT2D eigenvalue weighted by Crippen LogP contribution is -2.49. The van der Waals surface area contributed by atoms with Crippen LogP contribution in [0, 0.1) is 5.92 Å². The molecule has 1 saturated heterocycles. The molecule has 1 atom stereocenters. The molecule has 0 bridgehead atoms. The van der Waals surface area contributed by atoms with Gasteiger partial charge in [-0.25, -0.2) is 0 Å². The van der Waals surface area contributed by atoms with Crippen LogP contribution in [0.3, 0.4) is 0 Å². The van der Waals surface area contributed by atoms with Crippen molar-refractivity contribution in [3.8, 4) is 0 Å². The van der Waals surface area contributed by atoms with E-state index in [-0.39, 0.29) is 5.91 Å². The van der Waals surface area contributed by atoms with Crippen LogP contribution in [-0.2, 0) is 6.54 Å². The highest BCUT2D eigenvalue weighted by Gasteiger charge is 2.22. The average Bonchev–Trinajstić information content (AvgIpc) is 3.05. The van der Waals surface area contributed by atoms with E-state index in [2.05, 4.69) is 44.6 Å². The number of nitrogens with one attached hydrogen (secondary N) is 3. The normalized spacial score (nSPS) is 16.7. The fraction of sp³-hybridized carbons (Fsp3) is 0.680. The summed E-state index contributed by atoms with van der Waals surface area (Å²) in [6.07, 6.45) is 5.31. The minimum atomic E-state index is -0.0339. The lowest BCUT2D eigenvalue weighted by Gasteiger charge is -2.34. The van der Waals surface area contributed by atoms with Gasteiger partial charge in [0, 0.05) is 44.8 Å². The van der Waals surface area contributed by atoms with Gasteiger partial charge in [-0.1, -0.05) is 38.8 Å². The molecule has 2 rings (SSSR count). The van der Waals surface area contributed by atoms with E-state index in [1.54, 1.807) is 7.05 Å². The van der Waals surface area contributed by atoms with Crippen molar-refractivity contribution in [1.29, 1.82) is 0 Å². The molecule has 0 radical (unpaired) electrons. The zero-order valence-electron chi connectivity index (χ0n) is 20.8. The van der Waals surface area contributed by atoms with Gasteiger partial charge in [0.25, 0.3) is 5.91 Å². The van der Waals surface area contributed by atoms with Crippen LogP contribution in [0.1, 0.15) is 55.5 Å². The Kier molecular flexibility index (Phi) is 11.5.